The summed E-state index contributed by atoms with van der Waals surface area (Å²) in [6, 6.07) is 12.4. The van der Waals surface area contributed by atoms with E-state index in [1.165, 1.54) is 18.2 Å². The van der Waals surface area contributed by atoms with E-state index in [2.05, 4.69) is 15.1 Å². The molecule has 1 aliphatic rings. The molecule has 1 saturated heterocycles. The molecule has 156 valence electrons. The smallest absolute Gasteiger partial charge is 0.241 e. The Kier molecular flexibility index (Phi) is 6.54. The maximum absolute atomic E-state index is 13.2. The molecule has 8 heteroatoms. The van der Waals surface area contributed by atoms with Crippen LogP contribution >= 0.6 is 0 Å². The SMILES string of the molecule is CC(C(=O)Nc1ccccc1S(C)(=O)=O)N1CCCN(c2ccc(F)cc2)CC1. The van der Waals surface area contributed by atoms with E-state index in [1.54, 1.807) is 30.3 Å². The van der Waals surface area contributed by atoms with Gasteiger partial charge in [-0.3, -0.25) is 9.69 Å². The van der Waals surface area contributed by atoms with Crippen molar-refractivity contribution in [1.29, 1.82) is 0 Å². The minimum atomic E-state index is -3.44. The van der Waals surface area contributed by atoms with Crippen LogP contribution in [0.3, 0.4) is 0 Å². The summed E-state index contributed by atoms with van der Waals surface area (Å²) in [5.74, 6) is -0.499. The van der Waals surface area contributed by atoms with Gasteiger partial charge in [0.05, 0.1) is 16.6 Å². The minimum absolute atomic E-state index is 0.110. The molecule has 0 aromatic heterocycles. The molecule has 1 heterocycles. The van der Waals surface area contributed by atoms with Crippen molar-refractivity contribution in [2.45, 2.75) is 24.3 Å². The van der Waals surface area contributed by atoms with Gasteiger partial charge in [-0.1, -0.05) is 12.1 Å². The average molecular weight is 420 g/mol. The summed E-state index contributed by atoms with van der Waals surface area (Å²) in [5, 5.41) is 2.77. The number of hydrogen-bond donors (Lipinski definition) is 1. The van der Waals surface area contributed by atoms with Gasteiger partial charge in [0, 0.05) is 38.1 Å². The van der Waals surface area contributed by atoms with E-state index < -0.39 is 15.9 Å². The lowest BCUT2D eigenvalue weighted by Crippen LogP contribution is -2.44. The zero-order valence-electron chi connectivity index (χ0n) is 16.6. The van der Waals surface area contributed by atoms with Gasteiger partial charge in [0.1, 0.15) is 5.82 Å². The first-order valence-corrected chi connectivity index (χ1v) is 11.5. The molecule has 2 aromatic carbocycles. The Labute approximate surface area is 171 Å². The summed E-state index contributed by atoms with van der Waals surface area (Å²) >= 11 is 0. The van der Waals surface area contributed by atoms with Gasteiger partial charge < -0.3 is 10.2 Å². The highest BCUT2D eigenvalue weighted by molar-refractivity contribution is 7.90. The molecular weight excluding hydrogens is 393 g/mol. The first-order valence-electron chi connectivity index (χ1n) is 9.60. The molecule has 1 amide bonds. The highest BCUT2D eigenvalue weighted by atomic mass is 32.2. The quantitative estimate of drug-likeness (QED) is 0.807. The minimum Gasteiger partial charge on any atom is -0.370 e. The molecule has 0 spiro atoms. The number of halogens is 1. The molecule has 3 rings (SSSR count). The van der Waals surface area contributed by atoms with Crippen LogP contribution in [0.2, 0.25) is 0 Å². The van der Waals surface area contributed by atoms with Gasteiger partial charge in [-0.25, -0.2) is 12.8 Å². The van der Waals surface area contributed by atoms with E-state index in [-0.39, 0.29) is 16.6 Å². The van der Waals surface area contributed by atoms with Crippen LogP contribution in [-0.2, 0) is 14.6 Å². The Morgan fingerprint density at radius 1 is 1.03 bits per heavy atom. The van der Waals surface area contributed by atoms with Crippen molar-refractivity contribution in [3.63, 3.8) is 0 Å². The summed E-state index contributed by atoms with van der Waals surface area (Å²) in [6.45, 7) is 4.81. The zero-order valence-corrected chi connectivity index (χ0v) is 17.5. The van der Waals surface area contributed by atoms with E-state index in [4.69, 9.17) is 0 Å². The monoisotopic (exact) mass is 419 g/mol. The second kappa shape index (κ2) is 8.92. The van der Waals surface area contributed by atoms with E-state index in [0.29, 0.717) is 12.2 Å². The number of carbonyl (C=O) groups is 1. The van der Waals surface area contributed by atoms with Crippen molar-refractivity contribution in [3.8, 4) is 0 Å². The van der Waals surface area contributed by atoms with Crippen LogP contribution in [-0.4, -0.2) is 57.7 Å². The molecule has 0 radical (unpaired) electrons. The zero-order chi connectivity index (χ0) is 21.0. The Hall–Kier alpha value is -2.45. The van der Waals surface area contributed by atoms with Gasteiger partial charge in [-0.2, -0.15) is 0 Å². The van der Waals surface area contributed by atoms with Crippen LogP contribution in [0.25, 0.3) is 0 Å². The Morgan fingerprint density at radius 3 is 2.41 bits per heavy atom. The van der Waals surface area contributed by atoms with Crippen molar-refractivity contribution in [3.05, 3.63) is 54.3 Å². The summed E-state index contributed by atoms with van der Waals surface area (Å²) in [4.78, 5) is 17.2. The van der Waals surface area contributed by atoms with Gasteiger partial charge in [0.25, 0.3) is 0 Å². The van der Waals surface area contributed by atoms with Crippen LogP contribution in [0.15, 0.2) is 53.4 Å². The van der Waals surface area contributed by atoms with Crippen molar-refractivity contribution in [1.82, 2.24) is 4.90 Å². The Morgan fingerprint density at radius 2 is 1.72 bits per heavy atom. The topological polar surface area (TPSA) is 69.7 Å². The maximum Gasteiger partial charge on any atom is 0.241 e. The molecule has 2 aromatic rings. The Balaban J connectivity index is 1.65. The molecule has 29 heavy (non-hydrogen) atoms. The predicted octanol–water partition coefficient (Wildman–Crippen LogP) is 2.77. The molecule has 1 N–H and O–H groups in total. The van der Waals surface area contributed by atoms with Crippen LogP contribution < -0.4 is 10.2 Å². The second-order valence-electron chi connectivity index (χ2n) is 7.29. The van der Waals surface area contributed by atoms with Crippen molar-refractivity contribution in [2.75, 3.05) is 42.7 Å². The van der Waals surface area contributed by atoms with E-state index in [1.807, 2.05) is 6.92 Å². The van der Waals surface area contributed by atoms with Gasteiger partial charge in [-0.05, 0) is 49.7 Å². The average Bonchev–Trinajstić information content (AvgIpc) is 2.94. The fourth-order valence-corrected chi connectivity index (χ4v) is 4.38. The van der Waals surface area contributed by atoms with Gasteiger partial charge in [0.2, 0.25) is 5.91 Å². The first kappa shape index (κ1) is 21.3. The van der Waals surface area contributed by atoms with Crippen LogP contribution in [0.5, 0.6) is 0 Å². The van der Waals surface area contributed by atoms with E-state index in [9.17, 15) is 17.6 Å². The van der Waals surface area contributed by atoms with Gasteiger partial charge in [-0.15, -0.1) is 0 Å². The maximum atomic E-state index is 13.2. The van der Waals surface area contributed by atoms with Crippen molar-refractivity contribution < 1.29 is 17.6 Å². The molecular formula is C21H26FN3O3S. The molecule has 1 atom stereocenters. The van der Waals surface area contributed by atoms with Crippen LogP contribution in [0, 0.1) is 5.82 Å². The number of amides is 1. The molecule has 0 saturated carbocycles. The largest absolute Gasteiger partial charge is 0.370 e. The lowest BCUT2D eigenvalue weighted by atomic mass is 10.2. The lowest BCUT2D eigenvalue weighted by molar-refractivity contribution is -0.120. The number of benzene rings is 2. The summed E-state index contributed by atoms with van der Waals surface area (Å²) in [5.41, 5.74) is 1.27. The van der Waals surface area contributed by atoms with Crippen LogP contribution in [0.1, 0.15) is 13.3 Å². The molecule has 1 fully saturated rings. The fourth-order valence-electron chi connectivity index (χ4n) is 3.53. The predicted molar refractivity (Wildman–Crippen MR) is 112 cm³/mol. The third kappa shape index (κ3) is 5.33. The van der Waals surface area contributed by atoms with Gasteiger partial charge in [0.15, 0.2) is 9.84 Å². The molecule has 6 nitrogen and oxygen atoms in total. The number of anilines is 2. The normalized spacial score (nSPS) is 16.9. The van der Waals surface area contributed by atoms with E-state index >= 15 is 0 Å². The van der Waals surface area contributed by atoms with Crippen molar-refractivity contribution >= 4 is 27.1 Å². The molecule has 1 unspecified atom stereocenters. The summed E-state index contributed by atoms with van der Waals surface area (Å²) in [6.07, 6.45) is 2.00. The first-order chi connectivity index (χ1) is 13.8. The second-order valence-corrected chi connectivity index (χ2v) is 9.27. The molecule has 0 bridgehead atoms. The lowest BCUT2D eigenvalue weighted by Gasteiger charge is -2.27. The number of sulfone groups is 1. The van der Waals surface area contributed by atoms with Crippen LogP contribution in [0.4, 0.5) is 15.8 Å². The number of carbonyl (C=O) groups excluding carboxylic acids is 1. The number of nitrogens with one attached hydrogen (secondary N) is 1. The number of hydrogen-bond acceptors (Lipinski definition) is 5. The third-order valence-electron chi connectivity index (χ3n) is 5.19. The molecule has 1 aliphatic heterocycles. The third-order valence-corrected chi connectivity index (χ3v) is 6.35. The molecule has 0 aliphatic carbocycles. The summed E-state index contributed by atoms with van der Waals surface area (Å²) in [7, 11) is -3.44. The van der Waals surface area contributed by atoms with Crippen molar-refractivity contribution in [2.24, 2.45) is 0 Å². The summed E-state index contributed by atoms with van der Waals surface area (Å²) < 4.78 is 37.1. The highest BCUT2D eigenvalue weighted by Gasteiger charge is 2.25. The fraction of sp³-hybridized carbons (Fsp3) is 0.381. The Bertz CT molecular complexity index is 963. The number of rotatable bonds is 5. The standard InChI is InChI=1S/C21H26FN3O3S/c1-16(21(26)23-19-6-3-4-7-20(19)29(2,27)28)24-12-5-13-25(15-14-24)18-10-8-17(22)9-11-18/h3-4,6-11,16H,5,12-15H2,1-2H3,(H,23,26). The number of nitrogens with zero attached hydrogens (tertiary/aromatic N) is 2. The van der Waals surface area contributed by atoms with Gasteiger partial charge >= 0.3 is 0 Å². The highest BCUT2D eigenvalue weighted by Crippen LogP contribution is 2.22. The van der Waals surface area contributed by atoms with E-state index in [0.717, 1.165) is 38.0 Å². The number of para-hydroxylation sites is 1.